The van der Waals surface area contributed by atoms with Crippen molar-refractivity contribution >= 4 is 11.4 Å². The van der Waals surface area contributed by atoms with Crippen LogP contribution in [0.4, 0.5) is 11.4 Å². The number of benzene rings is 2. The Kier molecular flexibility index (Phi) is 3.87. The minimum Gasteiger partial charge on any atom is -0.506 e. The molecule has 0 aromatic heterocycles. The maximum Gasteiger partial charge on any atom is 0.138 e. The molecule has 0 radical (unpaired) electrons. The summed E-state index contributed by atoms with van der Waals surface area (Å²) >= 11 is 0. The van der Waals surface area contributed by atoms with Crippen molar-refractivity contribution in [1.82, 2.24) is 0 Å². The SMILES string of the molecule is C#Cc1cc(N)c(O)cc1C(C)(C)c1cc(O)c(N)cc1C#C. The molecule has 23 heavy (non-hydrogen) atoms. The third-order valence-electron chi connectivity index (χ3n) is 3.99. The van der Waals surface area contributed by atoms with Gasteiger partial charge >= 0.3 is 0 Å². The number of hydrogen-bond donors (Lipinski definition) is 4. The van der Waals surface area contributed by atoms with Gasteiger partial charge in [0.2, 0.25) is 0 Å². The number of aromatic hydroxyl groups is 2. The molecule has 0 saturated carbocycles. The van der Waals surface area contributed by atoms with Gasteiger partial charge in [0.25, 0.3) is 0 Å². The molecule has 0 aliphatic rings. The van der Waals surface area contributed by atoms with Crippen LogP contribution in [0.15, 0.2) is 24.3 Å². The molecular weight excluding hydrogens is 288 g/mol. The highest BCUT2D eigenvalue weighted by atomic mass is 16.3. The number of phenolic OH excluding ortho intramolecular Hbond substituents is 2. The van der Waals surface area contributed by atoms with Crippen molar-refractivity contribution in [3.8, 4) is 36.2 Å². The Labute approximate surface area is 135 Å². The van der Waals surface area contributed by atoms with Crippen molar-refractivity contribution in [2.24, 2.45) is 0 Å². The van der Waals surface area contributed by atoms with E-state index in [0.29, 0.717) is 22.3 Å². The van der Waals surface area contributed by atoms with Crippen LogP contribution in [0, 0.1) is 24.7 Å². The summed E-state index contributed by atoms with van der Waals surface area (Å²) in [6.45, 7) is 3.79. The van der Waals surface area contributed by atoms with Crippen LogP contribution in [-0.2, 0) is 5.41 Å². The van der Waals surface area contributed by atoms with Crippen molar-refractivity contribution in [3.63, 3.8) is 0 Å². The summed E-state index contributed by atoms with van der Waals surface area (Å²) in [5, 5.41) is 19.9. The van der Waals surface area contributed by atoms with Gasteiger partial charge in [-0.05, 0) is 35.4 Å². The lowest BCUT2D eigenvalue weighted by Crippen LogP contribution is -2.22. The maximum absolute atomic E-state index is 9.95. The average molecular weight is 306 g/mol. The van der Waals surface area contributed by atoms with E-state index >= 15 is 0 Å². The largest absolute Gasteiger partial charge is 0.506 e. The molecule has 116 valence electrons. The second kappa shape index (κ2) is 5.51. The molecule has 0 spiro atoms. The molecule has 4 heteroatoms. The van der Waals surface area contributed by atoms with Gasteiger partial charge in [-0.1, -0.05) is 25.7 Å². The summed E-state index contributed by atoms with van der Waals surface area (Å²) < 4.78 is 0. The highest BCUT2D eigenvalue weighted by molar-refractivity contribution is 5.66. The van der Waals surface area contributed by atoms with Gasteiger partial charge < -0.3 is 21.7 Å². The van der Waals surface area contributed by atoms with Gasteiger partial charge in [-0.3, -0.25) is 0 Å². The fourth-order valence-electron chi connectivity index (χ4n) is 2.63. The third kappa shape index (κ3) is 2.63. The van der Waals surface area contributed by atoms with E-state index in [1.54, 1.807) is 12.1 Å². The minimum absolute atomic E-state index is 0.0611. The molecule has 2 rings (SSSR count). The zero-order chi connectivity index (χ0) is 17.4. The number of nitrogen functional groups attached to an aromatic ring is 2. The van der Waals surface area contributed by atoms with Crippen molar-refractivity contribution in [2.75, 3.05) is 11.5 Å². The molecule has 0 saturated heterocycles. The van der Waals surface area contributed by atoms with Crippen LogP contribution in [-0.4, -0.2) is 10.2 Å². The molecule has 2 aromatic rings. The lowest BCUT2D eigenvalue weighted by atomic mass is 9.74. The smallest absolute Gasteiger partial charge is 0.138 e. The summed E-state index contributed by atoms with van der Waals surface area (Å²) in [5.74, 6) is 5.02. The Bertz CT molecular complexity index is 797. The molecule has 0 unspecified atom stereocenters. The average Bonchev–Trinajstić information content (AvgIpc) is 2.51. The number of phenols is 2. The summed E-state index contributed by atoms with van der Waals surface area (Å²) in [6, 6.07) is 6.13. The number of terminal acetylenes is 2. The van der Waals surface area contributed by atoms with Crippen LogP contribution in [0.25, 0.3) is 0 Å². The predicted octanol–water partition coefficient (Wildman–Crippen LogP) is 2.55. The van der Waals surface area contributed by atoms with Crippen molar-refractivity contribution in [1.29, 1.82) is 0 Å². The Morgan fingerprint density at radius 3 is 1.48 bits per heavy atom. The van der Waals surface area contributed by atoms with Crippen molar-refractivity contribution < 1.29 is 10.2 Å². The van der Waals surface area contributed by atoms with Crippen LogP contribution < -0.4 is 11.5 Å². The van der Waals surface area contributed by atoms with Gasteiger partial charge in [0.05, 0.1) is 11.4 Å². The fraction of sp³-hybridized carbons (Fsp3) is 0.158. The predicted molar refractivity (Wildman–Crippen MR) is 93.0 cm³/mol. The second-order valence-electron chi connectivity index (χ2n) is 5.83. The van der Waals surface area contributed by atoms with E-state index in [1.807, 2.05) is 13.8 Å². The van der Waals surface area contributed by atoms with Crippen molar-refractivity contribution in [2.45, 2.75) is 19.3 Å². The molecule has 4 nitrogen and oxygen atoms in total. The molecule has 0 heterocycles. The Hall–Kier alpha value is -3.24. The van der Waals surface area contributed by atoms with Crippen LogP contribution in [0.3, 0.4) is 0 Å². The Morgan fingerprint density at radius 2 is 1.17 bits per heavy atom. The zero-order valence-corrected chi connectivity index (χ0v) is 13.0. The monoisotopic (exact) mass is 306 g/mol. The number of rotatable bonds is 2. The Balaban J connectivity index is 2.79. The van der Waals surface area contributed by atoms with Crippen LogP contribution in [0.5, 0.6) is 11.5 Å². The van der Waals surface area contributed by atoms with Gasteiger partial charge in [-0.15, -0.1) is 12.8 Å². The molecule has 0 aliphatic heterocycles. The van der Waals surface area contributed by atoms with Gasteiger partial charge in [0, 0.05) is 16.5 Å². The second-order valence-corrected chi connectivity index (χ2v) is 5.83. The van der Waals surface area contributed by atoms with E-state index in [4.69, 9.17) is 24.3 Å². The molecule has 0 amide bonds. The van der Waals surface area contributed by atoms with Gasteiger partial charge in [0.1, 0.15) is 11.5 Å². The third-order valence-corrected chi connectivity index (χ3v) is 3.99. The van der Waals surface area contributed by atoms with E-state index in [1.165, 1.54) is 12.1 Å². The van der Waals surface area contributed by atoms with E-state index < -0.39 is 5.41 Å². The lowest BCUT2D eigenvalue weighted by molar-refractivity contribution is 0.472. The first-order valence-electron chi connectivity index (χ1n) is 6.91. The highest BCUT2D eigenvalue weighted by Crippen LogP contribution is 2.41. The quantitative estimate of drug-likeness (QED) is 0.390. The summed E-state index contributed by atoms with van der Waals surface area (Å²) in [7, 11) is 0. The molecule has 6 N–H and O–H groups in total. The van der Waals surface area contributed by atoms with Crippen molar-refractivity contribution in [3.05, 3.63) is 46.5 Å². The highest BCUT2D eigenvalue weighted by Gasteiger charge is 2.29. The van der Waals surface area contributed by atoms with Crippen LogP contribution in [0.2, 0.25) is 0 Å². The summed E-state index contributed by atoms with van der Waals surface area (Å²) in [6.07, 6.45) is 11.1. The Morgan fingerprint density at radius 1 is 0.826 bits per heavy atom. The van der Waals surface area contributed by atoms with E-state index in [9.17, 15) is 10.2 Å². The minimum atomic E-state index is -0.681. The van der Waals surface area contributed by atoms with Crippen LogP contribution in [0.1, 0.15) is 36.1 Å². The lowest BCUT2D eigenvalue weighted by Gasteiger charge is -2.29. The fourth-order valence-corrected chi connectivity index (χ4v) is 2.63. The van der Waals surface area contributed by atoms with E-state index in [2.05, 4.69) is 11.8 Å². The van der Waals surface area contributed by atoms with Gasteiger partial charge in [0.15, 0.2) is 0 Å². The topological polar surface area (TPSA) is 92.5 Å². The molecular formula is C19H18N2O2. The first-order chi connectivity index (χ1) is 10.7. The maximum atomic E-state index is 9.95. The molecule has 2 aromatic carbocycles. The number of nitrogens with two attached hydrogens (primary N) is 2. The van der Waals surface area contributed by atoms with Gasteiger partial charge in [-0.25, -0.2) is 0 Å². The van der Waals surface area contributed by atoms with E-state index in [0.717, 1.165) is 0 Å². The molecule has 0 atom stereocenters. The number of hydrogen-bond acceptors (Lipinski definition) is 4. The van der Waals surface area contributed by atoms with Gasteiger partial charge in [-0.2, -0.15) is 0 Å². The van der Waals surface area contributed by atoms with Crippen LogP contribution >= 0.6 is 0 Å². The number of anilines is 2. The van der Waals surface area contributed by atoms with E-state index in [-0.39, 0.29) is 22.9 Å². The first-order valence-corrected chi connectivity index (χ1v) is 6.91. The zero-order valence-electron chi connectivity index (χ0n) is 13.0. The molecule has 0 aliphatic carbocycles. The standard InChI is InChI=1S/C19H18N2O2/c1-5-11-7-15(20)17(22)9-13(11)19(3,4)14-10-18(23)16(21)8-12(14)6-2/h1-2,7-10,22-23H,20-21H2,3-4H3. The molecule has 0 fully saturated rings. The first kappa shape index (κ1) is 16.1. The summed E-state index contributed by atoms with van der Waals surface area (Å²) in [4.78, 5) is 0. The molecule has 0 bridgehead atoms. The normalized spacial score (nSPS) is 10.8. The summed E-state index contributed by atoms with van der Waals surface area (Å²) in [5.41, 5.74) is 13.6.